The zero-order valence-corrected chi connectivity index (χ0v) is 14.8. The summed E-state index contributed by atoms with van der Waals surface area (Å²) in [6.07, 6.45) is -3.33. The van der Waals surface area contributed by atoms with Crippen molar-refractivity contribution in [3.8, 4) is 11.5 Å². The lowest BCUT2D eigenvalue weighted by Gasteiger charge is -2.09. The van der Waals surface area contributed by atoms with E-state index >= 15 is 0 Å². The molecule has 2 aromatic rings. The number of rotatable bonds is 5. The lowest BCUT2D eigenvalue weighted by molar-refractivity contribution is -0.137. The van der Waals surface area contributed by atoms with E-state index in [1.807, 2.05) is 5.43 Å². The van der Waals surface area contributed by atoms with Crippen LogP contribution in [0.2, 0.25) is 0 Å². The van der Waals surface area contributed by atoms with Crippen LogP contribution in [-0.4, -0.2) is 32.2 Å². The molecule has 10 heteroatoms. The number of nitrogens with one attached hydrogen (secondary N) is 2. The highest BCUT2D eigenvalue weighted by Crippen LogP contribution is 2.30. The number of carbonyl (C=O) groups excluding carboxylic acids is 2. The smallest absolute Gasteiger partial charge is 0.416 e. The number of amides is 2. The summed E-state index contributed by atoms with van der Waals surface area (Å²) in [5.74, 6) is -1.35. The fraction of sp³-hybridized carbons (Fsp3) is 0.167. The number of ether oxygens (including phenoxy) is 2. The Balaban J connectivity index is 2.02. The highest BCUT2D eigenvalue weighted by atomic mass is 19.4. The minimum Gasteiger partial charge on any atom is -0.497 e. The van der Waals surface area contributed by atoms with E-state index in [1.165, 1.54) is 26.5 Å². The zero-order valence-electron chi connectivity index (χ0n) is 14.8. The van der Waals surface area contributed by atoms with Crippen molar-refractivity contribution in [2.24, 2.45) is 5.10 Å². The molecule has 2 rings (SSSR count). The predicted octanol–water partition coefficient (Wildman–Crippen LogP) is 2.81. The monoisotopic (exact) mass is 395 g/mol. The summed E-state index contributed by atoms with van der Waals surface area (Å²) >= 11 is 0. The number of halogens is 3. The summed E-state index contributed by atoms with van der Waals surface area (Å²) in [5.41, 5.74) is 1.33. The van der Waals surface area contributed by atoms with E-state index in [-0.39, 0.29) is 5.69 Å². The molecule has 0 atom stereocenters. The van der Waals surface area contributed by atoms with Gasteiger partial charge in [0.2, 0.25) is 0 Å². The summed E-state index contributed by atoms with van der Waals surface area (Å²) in [7, 11) is 2.92. The third-order valence-electron chi connectivity index (χ3n) is 3.46. The van der Waals surface area contributed by atoms with Crippen molar-refractivity contribution in [2.45, 2.75) is 6.18 Å². The normalized spacial score (nSPS) is 11.2. The molecule has 2 amide bonds. The standard InChI is InChI=1S/C18H16F3N3O4/c1-27-14-6-7-15(28-2)11(8-14)10-22-24-17(26)16(25)23-13-5-3-4-12(9-13)18(19,20)21/h3-10H,1-2H3,(H,23,25)(H,24,26). The van der Waals surface area contributed by atoms with E-state index in [0.717, 1.165) is 18.2 Å². The molecule has 0 unspecified atom stereocenters. The summed E-state index contributed by atoms with van der Waals surface area (Å²) in [5, 5.41) is 5.72. The van der Waals surface area contributed by atoms with Crippen LogP contribution in [0.3, 0.4) is 0 Å². The fourth-order valence-electron chi connectivity index (χ4n) is 2.11. The van der Waals surface area contributed by atoms with E-state index < -0.39 is 23.6 Å². The number of hydrogen-bond acceptors (Lipinski definition) is 5. The maximum absolute atomic E-state index is 12.7. The highest BCUT2D eigenvalue weighted by molar-refractivity contribution is 6.39. The molecule has 0 aromatic heterocycles. The van der Waals surface area contributed by atoms with Crippen LogP contribution in [0.15, 0.2) is 47.6 Å². The van der Waals surface area contributed by atoms with Crippen molar-refractivity contribution in [2.75, 3.05) is 19.5 Å². The van der Waals surface area contributed by atoms with Crippen LogP contribution >= 0.6 is 0 Å². The van der Waals surface area contributed by atoms with Crippen LogP contribution < -0.4 is 20.2 Å². The van der Waals surface area contributed by atoms with Crippen LogP contribution in [0.5, 0.6) is 11.5 Å². The second-order valence-electron chi connectivity index (χ2n) is 5.34. The van der Waals surface area contributed by atoms with Crippen LogP contribution in [0.25, 0.3) is 0 Å². The van der Waals surface area contributed by atoms with E-state index in [2.05, 4.69) is 10.4 Å². The maximum Gasteiger partial charge on any atom is 0.416 e. The van der Waals surface area contributed by atoms with Crippen molar-refractivity contribution in [3.05, 3.63) is 53.6 Å². The van der Waals surface area contributed by atoms with Crippen LogP contribution in [-0.2, 0) is 15.8 Å². The number of benzene rings is 2. The van der Waals surface area contributed by atoms with Crippen molar-refractivity contribution in [3.63, 3.8) is 0 Å². The number of alkyl halides is 3. The Labute approximate surface area is 158 Å². The number of carbonyl (C=O) groups is 2. The maximum atomic E-state index is 12.7. The Kier molecular flexibility index (Phi) is 6.59. The van der Waals surface area contributed by atoms with Crippen LogP contribution in [0.1, 0.15) is 11.1 Å². The number of nitrogens with zero attached hydrogens (tertiary/aromatic N) is 1. The van der Waals surface area contributed by atoms with Gasteiger partial charge in [-0.2, -0.15) is 18.3 Å². The first-order valence-corrected chi connectivity index (χ1v) is 7.78. The molecular formula is C18H16F3N3O4. The van der Waals surface area contributed by atoms with Gasteiger partial charge in [0.15, 0.2) is 0 Å². The summed E-state index contributed by atoms with van der Waals surface area (Å²) < 4.78 is 48.2. The Bertz CT molecular complexity index is 898. The minimum absolute atomic E-state index is 0.173. The largest absolute Gasteiger partial charge is 0.497 e. The van der Waals surface area contributed by atoms with E-state index in [0.29, 0.717) is 17.1 Å². The fourth-order valence-corrected chi connectivity index (χ4v) is 2.11. The molecule has 0 saturated carbocycles. The molecule has 0 aliphatic rings. The molecular weight excluding hydrogens is 379 g/mol. The van der Waals surface area contributed by atoms with Crippen molar-refractivity contribution in [1.29, 1.82) is 0 Å². The van der Waals surface area contributed by atoms with Gasteiger partial charge in [0.05, 0.1) is 26.0 Å². The number of hydrazone groups is 1. The summed E-state index contributed by atoms with van der Waals surface area (Å²) in [4.78, 5) is 23.6. The van der Waals surface area contributed by atoms with Crippen molar-refractivity contribution in [1.82, 2.24) is 5.43 Å². The van der Waals surface area contributed by atoms with Crippen molar-refractivity contribution >= 4 is 23.7 Å². The Hall–Kier alpha value is -3.56. The van der Waals surface area contributed by atoms with Gasteiger partial charge in [-0.05, 0) is 36.4 Å². The molecule has 0 heterocycles. The van der Waals surface area contributed by atoms with Gasteiger partial charge in [-0.15, -0.1) is 0 Å². The third kappa shape index (κ3) is 5.47. The predicted molar refractivity (Wildman–Crippen MR) is 95.4 cm³/mol. The van der Waals surface area contributed by atoms with Crippen LogP contribution in [0.4, 0.5) is 18.9 Å². The lowest BCUT2D eigenvalue weighted by Crippen LogP contribution is -2.32. The molecule has 0 spiro atoms. The zero-order chi connectivity index (χ0) is 20.7. The van der Waals surface area contributed by atoms with Gasteiger partial charge >= 0.3 is 18.0 Å². The first kappa shape index (κ1) is 20.7. The average molecular weight is 395 g/mol. The molecule has 0 radical (unpaired) electrons. The average Bonchev–Trinajstić information content (AvgIpc) is 2.67. The molecule has 2 N–H and O–H groups in total. The molecule has 0 aliphatic heterocycles. The van der Waals surface area contributed by atoms with E-state index in [9.17, 15) is 22.8 Å². The molecule has 7 nitrogen and oxygen atoms in total. The Morgan fingerprint density at radius 1 is 1.04 bits per heavy atom. The molecule has 28 heavy (non-hydrogen) atoms. The van der Waals surface area contributed by atoms with Crippen molar-refractivity contribution < 1.29 is 32.2 Å². The first-order valence-electron chi connectivity index (χ1n) is 7.78. The molecule has 148 valence electrons. The van der Waals surface area contributed by atoms with Gasteiger partial charge in [-0.3, -0.25) is 9.59 Å². The Morgan fingerprint density at radius 2 is 1.79 bits per heavy atom. The second-order valence-corrected chi connectivity index (χ2v) is 5.34. The molecule has 0 aliphatic carbocycles. The number of methoxy groups -OCH3 is 2. The number of anilines is 1. The first-order chi connectivity index (χ1) is 13.2. The van der Waals surface area contributed by atoms with Gasteiger partial charge in [-0.1, -0.05) is 6.07 Å². The second kappa shape index (κ2) is 8.89. The third-order valence-corrected chi connectivity index (χ3v) is 3.46. The quantitative estimate of drug-likeness (QED) is 0.463. The molecule has 0 bridgehead atoms. The van der Waals surface area contributed by atoms with Gasteiger partial charge in [0.25, 0.3) is 0 Å². The van der Waals surface area contributed by atoms with Gasteiger partial charge in [-0.25, -0.2) is 5.43 Å². The molecule has 2 aromatic carbocycles. The highest BCUT2D eigenvalue weighted by Gasteiger charge is 2.30. The molecule has 0 fully saturated rings. The van der Waals surface area contributed by atoms with Gasteiger partial charge < -0.3 is 14.8 Å². The van der Waals surface area contributed by atoms with Gasteiger partial charge in [0, 0.05) is 11.3 Å². The van der Waals surface area contributed by atoms with Crippen LogP contribution in [0, 0.1) is 0 Å². The summed E-state index contributed by atoms with van der Waals surface area (Å²) in [6.45, 7) is 0. The van der Waals surface area contributed by atoms with E-state index in [4.69, 9.17) is 9.47 Å². The number of hydrogen-bond donors (Lipinski definition) is 2. The molecule has 0 saturated heterocycles. The summed E-state index contributed by atoms with van der Waals surface area (Å²) in [6, 6.07) is 8.79. The topological polar surface area (TPSA) is 89.0 Å². The van der Waals surface area contributed by atoms with E-state index in [1.54, 1.807) is 18.2 Å². The SMILES string of the molecule is COc1ccc(OC)c(C=NNC(=O)C(=O)Nc2cccc(C(F)(F)F)c2)c1. The lowest BCUT2D eigenvalue weighted by atomic mass is 10.2. The Morgan fingerprint density at radius 3 is 2.43 bits per heavy atom. The minimum atomic E-state index is -4.57. The van der Waals surface area contributed by atoms with Gasteiger partial charge in [0.1, 0.15) is 11.5 Å².